The number of thiazole rings is 1. The molecule has 104 valence electrons. The van der Waals surface area contributed by atoms with Crippen LogP contribution in [0.2, 0.25) is 0 Å². The van der Waals surface area contributed by atoms with E-state index < -0.39 is 0 Å². The second-order valence-corrected chi connectivity index (χ2v) is 6.26. The predicted octanol–water partition coefficient (Wildman–Crippen LogP) is 0.927. The third kappa shape index (κ3) is 3.06. The van der Waals surface area contributed by atoms with Gasteiger partial charge in [-0.2, -0.15) is 0 Å². The largest absolute Gasteiger partial charge is 0.349 e. The Balaban J connectivity index is 1.59. The van der Waals surface area contributed by atoms with Gasteiger partial charge in [-0.05, 0) is 44.7 Å². The van der Waals surface area contributed by atoms with Gasteiger partial charge in [-0.3, -0.25) is 14.5 Å². The Labute approximate surface area is 116 Å². The highest BCUT2D eigenvalue weighted by molar-refractivity contribution is 7.07. The molecule has 1 atom stereocenters. The zero-order chi connectivity index (χ0) is 13.2. The van der Waals surface area contributed by atoms with Crippen LogP contribution in [0.4, 0.5) is 0 Å². The molecular formula is C13H19N3O2S. The normalized spacial score (nSPS) is 21.5. The first kappa shape index (κ1) is 12.9. The van der Waals surface area contributed by atoms with Crippen molar-refractivity contribution < 1.29 is 4.79 Å². The Morgan fingerprint density at radius 3 is 2.79 bits per heavy atom. The molecule has 5 nitrogen and oxygen atoms in total. The molecule has 1 aliphatic carbocycles. The number of hydrogen-bond donors (Lipinski definition) is 2. The van der Waals surface area contributed by atoms with Gasteiger partial charge in [0.25, 0.3) is 0 Å². The fourth-order valence-electron chi connectivity index (χ4n) is 2.80. The maximum absolute atomic E-state index is 12.4. The lowest BCUT2D eigenvalue weighted by molar-refractivity contribution is -0.127. The van der Waals surface area contributed by atoms with E-state index >= 15 is 0 Å². The highest BCUT2D eigenvalue weighted by atomic mass is 32.1. The van der Waals surface area contributed by atoms with Crippen LogP contribution in [0, 0.1) is 5.92 Å². The maximum atomic E-state index is 12.4. The van der Waals surface area contributed by atoms with Gasteiger partial charge in [0.1, 0.15) is 0 Å². The Morgan fingerprint density at radius 1 is 1.47 bits per heavy atom. The van der Waals surface area contributed by atoms with Crippen LogP contribution in [0.25, 0.3) is 0 Å². The molecule has 1 amide bonds. The molecule has 1 aromatic heterocycles. The zero-order valence-electron chi connectivity index (χ0n) is 10.9. The summed E-state index contributed by atoms with van der Waals surface area (Å²) in [4.78, 5) is 28.4. The van der Waals surface area contributed by atoms with Gasteiger partial charge >= 0.3 is 4.87 Å². The number of amides is 1. The van der Waals surface area contributed by atoms with Gasteiger partial charge < -0.3 is 10.3 Å². The van der Waals surface area contributed by atoms with E-state index in [0.29, 0.717) is 12.5 Å². The van der Waals surface area contributed by atoms with Gasteiger partial charge in [-0.1, -0.05) is 11.3 Å². The van der Waals surface area contributed by atoms with Gasteiger partial charge in [0, 0.05) is 11.1 Å². The van der Waals surface area contributed by atoms with Crippen LogP contribution >= 0.6 is 11.3 Å². The molecule has 6 heteroatoms. The smallest absolute Gasteiger partial charge is 0.304 e. The number of aromatic nitrogens is 1. The summed E-state index contributed by atoms with van der Waals surface area (Å²) in [5, 5.41) is 4.73. The van der Waals surface area contributed by atoms with Crippen molar-refractivity contribution in [2.75, 3.05) is 13.1 Å². The van der Waals surface area contributed by atoms with Crippen LogP contribution in [0.15, 0.2) is 10.2 Å². The van der Waals surface area contributed by atoms with Crippen molar-refractivity contribution in [3.05, 3.63) is 20.7 Å². The molecule has 0 aromatic carbocycles. The molecule has 1 saturated heterocycles. The molecule has 1 aromatic rings. The average Bonchev–Trinajstić information content (AvgIpc) is 2.89. The molecule has 0 bridgehead atoms. The summed E-state index contributed by atoms with van der Waals surface area (Å²) in [7, 11) is 0. The Kier molecular flexibility index (Phi) is 3.70. The number of nitrogens with zero attached hydrogens (tertiary/aromatic N) is 1. The summed E-state index contributed by atoms with van der Waals surface area (Å²) >= 11 is 1.14. The van der Waals surface area contributed by atoms with Crippen molar-refractivity contribution in [2.45, 2.75) is 38.3 Å². The molecule has 2 aliphatic rings. The average molecular weight is 281 g/mol. The minimum absolute atomic E-state index is 0.0489. The van der Waals surface area contributed by atoms with E-state index in [1.807, 2.05) is 0 Å². The summed E-state index contributed by atoms with van der Waals surface area (Å²) in [6, 6.07) is 0.0489. The van der Waals surface area contributed by atoms with E-state index in [0.717, 1.165) is 30.1 Å². The van der Waals surface area contributed by atoms with Gasteiger partial charge in [0.05, 0.1) is 12.6 Å². The summed E-state index contributed by atoms with van der Waals surface area (Å²) in [5.41, 5.74) is 0.791. The summed E-state index contributed by atoms with van der Waals surface area (Å²) < 4.78 is 0. The minimum Gasteiger partial charge on any atom is -0.349 e. The summed E-state index contributed by atoms with van der Waals surface area (Å²) in [6.45, 7) is 2.52. The third-order valence-corrected chi connectivity index (χ3v) is 4.61. The van der Waals surface area contributed by atoms with Crippen molar-refractivity contribution in [3.8, 4) is 0 Å². The molecular weight excluding hydrogens is 262 g/mol. The molecule has 1 aliphatic heterocycles. The fraction of sp³-hybridized carbons (Fsp3) is 0.692. The van der Waals surface area contributed by atoms with Crippen molar-refractivity contribution in [2.24, 2.45) is 5.92 Å². The van der Waals surface area contributed by atoms with Crippen molar-refractivity contribution >= 4 is 17.2 Å². The number of aromatic amines is 1. The number of carbonyl (C=O) groups excluding carboxylic acids is 1. The first-order valence-corrected chi connectivity index (χ1v) is 7.80. The van der Waals surface area contributed by atoms with E-state index in [9.17, 15) is 9.59 Å². The summed E-state index contributed by atoms with van der Waals surface area (Å²) in [5.74, 6) is 0.663. The SMILES string of the molecule is O=C(NCc1csc(=O)[nH]1)[C@@H](C1CC1)N1CCCC1. The lowest BCUT2D eigenvalue weighted by Gasteiger charge is -2.26. The number of carbonyl (C=O) groups is 1. The first-order valence-electron chi connectivity index (χ1n) is 6.92. The number of H-pyrrole nitrogens is 1. The number of likely N-dealkylation sites (tertiary alicyclic amines) is 1. The molecule has 2 heterocycles. The first-order chi connectivity index (χ1) is 9.24. The fourth-order valence-corrected chi connectivity index (χ4v) is 3.38. The molecule has 3 rings (SSSR count). The van der Waals surface area contributed by atoms with E-state index in [4.69, 9.17) is 0 Å². The second-order valence-electron chi connectivity index (χ2n) is 5.42. The van der Waals surface area contributed by atoms with Gasteiger partial charge in [-0.25, -0.2) is 0 Å². The lowest BCUT2D eigenvalue weighted by atomic mass is 10.1. The molecule has 0 spiro atoms. The number of rotatable bonds is 5. The number of nitrogens with one attached hydrogen (secondary N) is 2. The van der Waals surface area contributed by atoms with Crippen LogP contribution in [0.5, 0.6) is 0 Å². The Bertz CT molecular complexity index is 500. The Morgan fingerprint density at radius 2 is 2.21 bits per heavy atom. The van der Waals surface area contributed by atoms with Gasteiger partial charge in [-0.15, -0.1) is 0 Å². The second kappa shape index (κ2) is 5.46. The van der Waals surface area contributed by atoms with E-state index in [1.54, 1.807) is 5.38 Å². The Hall–Kier alpha value is -1.14. The van der Waals surface area contributed by atoms with Crippen LogP contribution < -0.4 is 10.2 Å². The predicted molar refractivity (Wildman–Crippen MR) is 74.1 cm³/mol. The van der Waals surface area contributed by atoms with E-state index in [2.05, 4.69) is 15.2 Å². The van der Waals surface area contributed by atoms with Crippen LogP contribution in [0.3, 0.4) is 0 Å². The van der Waals surface area contributed by atoms with Crippen LogP contribution in [-0.4, -0.2) is 34.9 Å². The molecule has 1 saturated carbocycles. The quantitative estimate of drug-likeness (QED) is 0.844. The number of hydrogen-bond acceptors (Lipinski definition) is 4. The van der Waals surface area contributed by atoms with Crippen LogP contribution in [-0.2, 0) is 11.3 Å². The topological polar surface area (TPSA) is 65.2 Å². The summed E-state index contributed by atoms with van der Waals surface area (Å²) in [6.07, 6.45) is 4.75. The van der Waals surface area contributed by atoms with Crippen LogP contribution in [0.1, 0.15) is 31.4 Å². The molecule has 2 fully saturated rings. The monoisotopic (exact) mass is 281 g/mol. The maximum Gasteiger partial charge on any atom is 0.304 e. The standard InChI is InChI=1S/C13H19N3O2S/c17-12(14-7-10-8-19-13(18)15-10)11(9-3-4-9)16-5-1-2-6-16/h8-9,11H,1-7H2,(H,14,17)(H,15,18)/t11-/m1/s1. The molecule has 0 unspecified atom stereocenters. The van der Waals surface area contributed by atoms with Crippen molar-refractivity contribution in [1.82, 2.24) is 15.2 Å². The zero-order valence-corrected chi connectivity index (χ0v) is 11.7. The molecule has 0 radical (unpaired) electrons. The minimum atomic E-state index is -0.0671. The van der Waals surface area contributed by atoms with E-state index in [-0.39, 0.29) is 16.8 Å². The highest BCUT2D eigenvalue weighted by Crippen LogP contribution is 2.36. The van der Waals surface area contributed by atoms with Crippen molar-refractivity contribution in [3.63, 3.8) is 0 Å². The highest BCUT2D eigenvalue weighted by Gasteiger charge is 2.40. The lowest BCUT2D eigenvalue weighted by Crippen LogP contribution is -2.47. The van der Waals surface area contributed by atoms with Gasteiger partial charge in [0.2, 0.25) is 5.91 Å². The van der Waals surface area contributed by atoms with E-state index in [1.165, 1.54) is 25.7 Å². The molecule has 2 N–H and O–H groups in total. The molecule has 19 heavy (non-hydrogen) atoms. The van der Waals surface area contributed by atoms with Gasteiger partial charge in [0.15, 0.2) is 0 Å². The van der Waals surface area contributed by atoms with Crippen molar-refractivity contribution in [1.29, 1.82) is 0 Å². The third-order valence-electron chi connectivity index (χ3n) is 3.90.